The molecular weight excluding hydrogens is 781 g/mol. The van der Waals surface area contributed by atoms with Crippen LogP contribution in [0.5, 0.6) is 0 Å². The van der Waals surface area contributed by atoms with Crippen LogP contribution in [0.25, 0.3) is 117 Å². The van der Waals surface area contributed by atoms with Gasteiger partial charge in [0.1, 0.15) is 17.2 Å². The normalized spacial score (nSPS) is 11.4. The molecule has 3 aromatic heterocycles. The number of rotatable bonds is 7. The maximum atomic E-state index is 10.8. The Balaban J connectivity index is 1.22. The Hall–Kier alpha value is -8.85. The maximum absolute atomic E-state index is 10.8. The second kappa shape index (κ2) is 15.3. The molecule has 0 bridgehead atoms. The van der Waals surface area contributed by atoms with Crippen LogP contribution in [-0.2, 0) is 0 Å². The quantitative estimate of drug-likeness (QED) is 0.161. The van der Waals surface area contributed by atoms with Gasteiger partial charge in [-0.2, -0.15) is 5.26 Å². The SMILES string of the molecule is N#Cc1c(-c2ccccc2)nc(-c2cc(-c3ccccc3)c(-n3c4ccccc4c4ccc5c6cccc(-c7ccccc7)c6oc5c43)cc2-c2ccccc2)nc1-c1ccccc1. The van der Waals surface area contributed by atoms with E-state index in [1.54, 1.807) is 0 Å². The van der Waals surface area contributed by atoms with Gasteiger partial charge in [-0.05, 0) is 46.5 Å². The van der Waals surface area contributed by atoms with Gasteiger partial charge in [-0.25, -0.2) is 9.97 Å². The molecule has 0 aliphatic rings. The molecule has 0 amide bonds. The molecule has 0 radical (unpaired) electrons. The first-order valence-electron chi connectivity index (χ1n) is 21.4. The van der Waals surface area contributed by atoms with Crippen molar-refractivity contribution in [2.45, 2.75) is 0 Å². The van der Waals surface area contributed by atoms with E-state index in [1.165, 1.54) is 0 Å². The van der Waals surface area contributed by atoms with Crippen molar-refractivity contribution < 1.29 is 4.42 Å². The van der Waals surface area contributed by atoms with Gasteiger partial charge in [-0.1, -0.05) is 194 Å². The van der Waals surface area contributed by atoms with E-state index in [0.29, 0.717) is 22.8 Å². The smallest absolute Gasteiger partial charge is 0.161 e. The zero-order valence-electron chi connectivity index (χ0n) is 34.5. The monoisotopic (exact) mass is 816 g/mol. The summed E-state index contributed by atoms with van der Waals surface area (Å²) in [6.45, 7) is 0. The van der Waals surface area contributed by atoms with Crippen molar-refractivity contribution in [3.63, 3.8) is 0 Å². The third-order valence-electron chi connectivity index (χ3n) is 12.3. The maximum Gasteiger partial charge on any atom is 0.161 e. The highest BCUT2D eigenvalue weighted by Crippen LogP contribution is 2.46. The summed E-state index contributed by atoms with van der Waals surface area (Å²) >= 11 is 0. The number of para-hydroxylation sites is 2. The van der Waals surface area contributed by atoms with E-state index in [0.717, 1.165) is 99.5 Å². The fourth-order valence-corrected chi connectivity index (χ4v) is 9.36. The highest BCUT2D eigenvalue weighted by molar-refractivity contribution is 6.23. The first kappa shape index (κ1) is 37.0. The van der Waals surface area contributed by atoms with E-state index in [2.05, 4.69) is 150 Å². The molecule has 5 nitrogen and oxygen atoms in total. The molecular formula is C59H36N4O. The molecule has 5 heteroatoms. The van der Waals surface area contributed by atoms with Gasteiger partial charge in [-0.15, -0.1) is 0 Å². The van der Waals surface area contributed by atoms with Crippen molar-refractivity contribution >= 4 is 43.7 Å². The van der Waals surface area contributed by atoms with E-state index < -0.39 is 0 Å². The summed E-state index contributed by atoms with van der Waals surface area (Å²) in [7, 11) is 0. The summed E-state index contributed by atoms with van der Waals surface area (Å²) in [5.74, 6) is 0.523. The largest absolute Gasteiger partial charge is 0.453 e. The standard InChI is InChI=1S/C59H36N4O/c60-37-51-54(41-25-12-4-13-26-41)61-59(62-55(51)42-27-14-5-15-28-42)50-35-49(40-23-10-3-11-24-40)53(36-48(50)39-21-8-2-9-22-39)63-52-32-17-16-29-44(52)45-33-34-47-46-31-18-30-43(38-19-6-1-7-20-38)57(46)64-58(47)56(45)63/h1-36H. The first-order chi connectivity index (χ1) is 31.7. The lowest BCUT2D eigenvalue weighted by molar-refractivity contribution is 0.672. The van der Waals surface area contributed by atoms with Crippen molar-refractivity contribution in [3.8, 4) is 79.0 Å². The molecule has 0 saturated carbocycles. The van der Waals surface area contributed by atoms with Crippen LogP contribution in [0.4, 0.5) is 0 Å². The van der Waals surface area contributed by atoms with Crippen LogP contribution < -0.4 is 0 Å². The summed E-state index contributed by atoms with van der Waals surface area (Å²) in [5, 5.41) is 15.1. The fourth-order valence-electron chi connectivity index (χ4n) is 9.36. The molecule has 9 aromatic carbocycles. The number of hydrogen-bond donors (Lipinski definition) is 0. The zero-order valence-corrected chi connectivity index (χ0v) is 34.5. The molecule has 0 N–H and O–H groups in total. The molecule has 12 aromatic rings. The summed E-state index contributed by atoms with van der Waals surface area (Å²) < 4.78 is 9.55. The number of aromatic nitrogens is 3. The second-order valence-corrected chi connectivity index (χ2v) is 16.0. The average Bonchev–Trinajstić information content (AvgIpc) is 3.93. The second-order valence-electron chi connectivity index (χ2n) is 16.0. The van der Waals surface area contributed by atoms with Crippen LogP contribution in [0, 0.1) is 11.3 Å². The van der Waals surface area contributed by atoms with Gasteiger partial charge >= 0.3 is 0 Å². The lowest BCUT2D eigenvalue weighted by Crippen LogP contribution is -2.04. The highest BCUT2D eigenvalue weighted by Gasteiger charge is 2.26. The van der Waals surface area contributed by atoms with Crippen LogP contribution in [0.3, 0.4) is 0 Å². The van der Waals surface area contributed by atoms with Gasteiger partial charge < -0.3 is 8.98 Å². The van der Waals surface area contributed by atoms with E-state index in [1.807, 2.05) is 78.9 Å². The molecule has 298 valence electrons. The van der Waals surface area contributed by atoms with Gasteiger partial charge in [0, 0.05) is 49.4 Å². The zero-order chi connectivity index (χ0) is 42.6. The predicted molar refractivity (Wildman–Crippen MR) is 261 cm³/mol. The number of nitrogens with zero attached hydrogens (tertiary/aromatic N) is 4. The summed E-state index contributed by atoms with van der Waals surface area (Å²) in [6.07, 6.45) is 0. The van der Waals surface area contributed by atoms with Crippen LogP contribution in [-0.4, -0.2) is 14.5 Å². The lowest BCUT2D eigenvalue weighted by atomic mass is 9.92. The molecule has 0 aliphatic heterocycles. The minimum atomic E-state index is 0.429. The first-order valence-corrected chi connectivity index (χ1v) is 21.4. The molecule has 64 heavy (non-hydrogen) atoms. The summed E-state index contributed by atoms with van der Waals surface area (Å²) in [5.41, 5.74) is 15.0. The minimum absolute atomic E-state index is 0.429. The van der Waals surface area contributed by atoms with Gasteiger partial charge in [0.05, 0.1) is 28.1 Å². The van der Waals surface area contributed by atoms with Gasteiger partial charge in [0.25, 0.3) is 0 Å². The number of fused-ring (bicyclic) bond motifs is 7. The van der Waals surface area contributed by atoms with Crippen molar-refractivity contribution in [2.75, 3.05) is 0 Å². The van der Waals surface area contributed by atoms with E-state index in [-0.39, 0.29) is 0 Å². The third-order valence-corrected chi connectivity index (χ3v) is 12.3. The molecule has 0 spiro atoms. The summed E-state index contributed by atoms with van der Waals surface area (Å²) in [4.78, 5) is 10.7. The van der Waals surface area contributed by atoms with E-state index in [4.69, 9.17) is 14.4 Å². The van der Waals surface area contributed by atoms with Crippen molar-refractivity contribution in [1.82, 2.24) is 14.5 Å². The lowest BCUT2D eigenvalue weighted by Gasteiger charge is -2.20. The molecule has 0 atom stereocenters. The van der Waals surface area contributed by atoms with Crippen molar-refractivity contribution in [3.05, 3.63) is 224 Å². The number of benzene rings is 9. The Kier molecular flexibility index (Phi) is 8.81. The molecule has 12 rings (SSSR count). The van der Waals surface area contributed by atoms with Gasteiger partial charge in [-0.3, -0.25) is 0 Å². The molecule has 0 unspecified atom stereocenters. The van der Waals surface area contributed by atoms with E-state index >= 15 is 0 Å². The molecule has 3 heterocycles. The highest BCUT2D eigenvalue weighted by atomic mass is 16.3. The van der Waals surface area contributed by atoms with Crippen LogP contribution in [0.1, 0.15) is 5.56 Å². The minimum Gasteiger partial charge on any atom is -0.453 e. The Labute approximate surface area is 369 Å². The van der Waals surface area contributed by atoms with Gasteiger partial charge in [0.2, 0.25) is 0 Å². The summed E-state index contributed by atoms with van der Waals surface area (Å²) in [6, 6.07) is 77.8. The van der Waals surface area contributed by atoms with Crippen LogP contribution >= 0.6 is 0 Å². The van der Waals surface area contributed by atoms with Crippen molar-refractivity contribution in [1.29, 1.82) is 5.26 Å². The van der Waals surface area contributed by atoms with Crippen LogP contribution in [0.15, 0.2) is 223 Å². The Morgan fingerprint density at radius 2 is 0.875 bits per heavy atom. The third kappa shape index (κ3) is 6.00. The average molecular weight is 817 g/mol. The molecule has 0 aliphatic carbocycles. The van der Waals surface area contributed by atoms with E-state index in [9.17, 15) is 5.26 Å². The Bertz CT molecular complexity index is 3700. The number of nitriles is 1. The Morgan fingerprint density at radius 3 is 1.47 bits per heavy atom. The number of hydrogen-bond acceptors (Lipinski definition) is 4. The Morgan fingerprint density at radius 1 is 0.391 bits per heavy atom. The van der Waals surface area contributed by atoms with Crippen molar-refractivity contribution in [2.24, 2.45) is 0 Å². The molecule has 0 fully saturated rings. The molecule has 0 saturated heterocycles. The fraction of sp³-hybridized carbons (Fsp3) is 0. The van der Waals surface area contributed by atoms with Gasteiger partial charge in [0.15, 0.2) is 11.4 Å². The predicted octanol–water partition coefficient (Wildman–Crippen LogP) is 15.3. The number of furan rings is 1. The van der Waals surface area contributed by atoms with Crippen LogP contribution in [0.2, 0.25) is 0 Å². The topological polar surface area (TPSA) is 67.6 Å².